The zero-order valence-electron chi connectivity index (χ0n) is 34.3. The summed E-state index contributed by atoms with van der Waals surface area (Å²) in [5.41, 5.74) is 8.76. The first kappa shape index (κ1) is 25.0. The first-order valence-electron chi connectivity index (χ1n) is 20.4. The molecule has 0 aliphatic carbocycles. The van der Waals surface area contributed by atoms with Gasteiger partial charge in [0.25, 0.3) is 0 Å². The predicted octanol–water partition coefficient (Wildman–Crippen LogP) is 13.5. The van der Waals surface area contributed by atoms with Crippen LogP contribution in [0.15, 0.2) is 198 Å². The Morgan fingerprint density at radius 1 is 0.358 bits per heavy atom. The molecular weight excluding hydrogens is 645 g/mol. The van der Waals surface area contributed by atoms with Gasteiger partial charge in [0.1, 0.15) is 11.2 Å². The van der Waals surface area contributed by atoms with Crippen molar-refractivity contribution in [3.05, 3.63) is 194 Å². The summed E-state index contributed by atoms with van der Waals surface area (Å²) >= 11 is 0. The Bertz CT molecular complexity index is 3280. The van der Waals surface area contributed by atoms with Gasteiger partial charge in [0.2, 0.25) is 0 Å². The molecule has 0 fully saturated rings. The summed E-state index contributed by atoms with van der Waals surface area (Å²) in [5, 5.41) is 2.32. The molecule has 0 aliphatic heterocycles. The topological polar surface area (TPSA) is 38.9 Å². The number of rotatable bonds is 6. The first-order valence-corrected chi connectivity index (χ1v) is 17.4. The van der Waals surface area contributed by atoms with Crippen molar-refractivity contribution in [2.45, 2.75) is 0 Å². The average Bonchev–Trinajstić information content (AvgIpc) is 3.67. The second-order valence-electron chi connectivity index (χ2n) is 12.9. The lowest BCUT2D eigenvalue weighted by Gasteiger charge is -2.15. The fraction of sp³-hybridized carbons (Fsp3) is 0. The van der Waals surface area contributed by atoms with Crippen molar-refractivity contribution in [1.82, 2.24) is 9.97 Å². The van der Waals surface area contributed by atoms with Gasteiger partial charge in [0.15, 0.2) is 5.82 Å². The maximum Gasteiger partial charge on any atom is 0.160 e. The van der Waals surface area contributed by atoms with Gasteiger partial charge in [0.05, 0.1) is 19.6 Å². The summed E-state index contributed by atoms with van der Waals surface area (Å²) in [4.78, 5) is 10.2. The van der Waals surface area contributed by atoms with Crippen LogP contribution in [-0.2, 0) is 0 Å². The van der Waals surface area contributed by atoms with Crippen LogP contribution < -0.4 is 0 Å². The molecule has 3 nitrogen and oxygen atoms in total. The summed E-state index contributed by atoms with van der Waals surface area (Å²) < 4.78 is 60.8. The summed E-state index contributed by atoms with van der Waals surface area (Å²) in [6.07, 6.45) is 0. The molecule has 0 N–H and O–H groups in total. The largest absolute Gasteiger partial charge is 0.456 e. The van der Waals surface area contributed by atoms with Crippen LogP contribution >= 0.6 is 0 Å². The molecule has 10 rings (SSSR count). The van der Waals surface area contributed by atoms with Crippen molar-refractivity contribution in [2.75, 3.05) is 0 Å². The van der Waals surface area contributed by atoms with Gasteiger partial charge in [-0.25, -0.2) is 9.97 Å². The number of aromatic nitrogens is 2. The number of benzene rings is 8. The molecule has 0 spiro atoms. The van der Waals surface area contributed by atoms with Crippen LogP contribution in [0.2, 0.25) is 0 Å². The maximum absolute atomic E-state index is 9.54. The molecule has 0 amide bonds. The SMILES string of the molecule is [2H]c1c([2H])c([2H])c2c(-c3cc(-c4cc(-c5ccccc5)cc(-c5ccc6oc7ccccc7c6c5)c4)nc(-c4ccccc4)n3)c([2H])c([2H])c(-c3ccccc3)c2c1[2H]. The predicted molar refractivity (Wildman–Crippen MR) is 219 cm³/mol. The molecule has 0 aliphatic rings. The number of para-hydroxylation sites is 1. The normalized spacial score (nSPS) is 13.0. The molecule has 248 valence electrons. The van der Waals surface area contributed by atoms with Gasteiger partial charge >= 0.3 is 0 Å². The van der Waals surface area contributed by atoms with Crippen LogP contribution in [0.5, 0.6) is 0 Å². The van der Waals surface area contributed by atoms with Crippen LogP contribution in [0.3, 0.4) is 0 Å². The van der Waals surface area contributed by atoms with Gasteiger partial charge in [-0.15, -0.1) is 0 Å². The Balaban J connectivity index is 1.27. The van der Waals surface area contributed by atoms with Crippen LogP contribution in [0, 0.1) is 0 Å². The van der Waals surface area contributed by atoms with Crippen molar-refractivity contribution in [2.24, 2.45) is 0 Å². The lowest BCUT2D eigenvalue weighted by Crippen LogP contribution is -1.97. The smallest absolute Gasteiger partial charge is 0.160 e. The van der Waals surface area contributed by atoms with E-state index in [0.717, 1.165) is 55.3 Å². The fourth-order valence-electron chi connectivity index (χ4n) is 7.04. The molecule has 53 heavy (non-hydrogen) atoms. The average molecular weight is 683 g/mol. The second-order valence-corrected chi connectivity index (χ2v) is 12.9. The van der Waals surface area contributed by atoms with Crippen molar-refractivity contribution in [1.29, 1.82) is 0 Å². The molecule has 0 saturated heterocycles. The minimum absolute atomic E-state index is 0.124. The van der Waals surface area contributed by atoms with E-state index >= 15 is 0 Å². The van der Waals surface area contributed by atoms with Gasteiger partial charge in [-0.05, 0) is 86.6 Å². The highest BCUT2D eigenvalue weighted by atomic mass is 16.3. The van der Waals surface area contributed by atoms with Crippen molar-refractivity contribution < 1.29 is 12.6 Å². The molecule has 2 heterocycles. The number of fused-ring (bicyclic) bond motifs is 4. The number of nitrogens with zero attached hydrogens (tertiary/aromatic N) is 2. The molecule has 3 heteroatoms. The van der Waals surface area contributed by atoms with Gasteiger partial charge in [-0.1, -0.05) is 152 Å². The lowest BCUT2D eigenvalue weighted by atomic mass is 9.92. The van der Waals surface area contributed by atoms with Crippen LogP contribution in [0.1, 0.15) is 8.22 Å². The standard InChI is InChI=1S/C50H32N2O/c1-4-14-33(15-5-1)37-28-38(36-24-27-49-45(31-36)44-22-12-13-23-48(44)53-49)30-39(29-37)46-32-47(52-50(51-46)35-18-8-3-9-19-35)43-26-25-40(34-16-6-2-7-17-34)41-20-10-11-21-42(41)43/h1-32H/i10D,11D,20D,21D,25D,26D. The Morgan fingerprint density at radius 2 is 0.925 bits per heavy atom. The molecule has 0 saturated carbocycles. The molecule has 0 unspecified atom stereocenters. The van der Waals surface area contributed by atoms with E-state index in [0.29, 0.717) is 17.1 Å². The van der Waals surface area contributed by atoms with Gasteiger partial charge in [-0.3, -0.25) is 0 Å². The van der Waals surface area contributed by atoms with Crippen LogP contribution in [-0.4, -0.2) is 9.97 Å². The van der Waals surface area contributed by atoms with E-state index in [2.05, 4.69) is 48.5 Å². The highest BCUT2D eigenvalue weighted by Gasteiger charge is 2.17. The van der Waals surface area contributed by atoms with Gasteiger partial charge in [0, 0.05) is 27.5 Å². The van der Waals surface area contributed by atoms with Gasteiger partial charge in [-0.2, -0.15) is 0 Å². The summed E-state index contributed by atoms with van der Waals surface area (Å²) in [7, 11) is 0. The van der Waals surface area contributed by atoms with E-state index in [1.54, 1.807) is 30.3 Å². The Morgan fingerprint density at radius 3 is 1.68 bits per heavy atom. The molecule has 0 bridgehead atoms. The summed E-state index contributed by atoms with van der Waals surface area (Å²) in [6, 6.07) is 49.1. The van der Waals surface area contributed by atoms with Crippen LogP contribution in [0.25, 0.3) is 100.0 Å². The molecule has 0 atom stereocenters. The van der Waals surface area contributed by atoms with E-state index in [1.807, 2.05) is 78.9 Å². The summed E-state index contributed by atoms with van der Waals surface area (Å²) in [6.45, 7) is 0. The number of furan rings is 1. The monoisotopic (exact) mass is 682 g/mol. The molecule has 8 aromatic carbocycles. The minimum atomic E-state index is -0.431. The lowest BCUT2D eigenvalue weighted by molar-refractivity contribution is 0.669. The number of hydrogen-bond donors (Lipinski definition) is 0. The second kappa shape index (κ2) is 12.9. The highest BCUT2D eigenvalue weighted by Crippen LogP contribution is 2.39. The Labute approximate surface area is 315 Å². The fourth-order valence-corrected chi connectivity index (χ4v) is 7.04. The van der Waals surface area contributed by atoms with E-state index in [1.165, 1.54) is 0 Å². The molecule has 10 aromatic rings. The Kier molecular flexibility index (Phi) is 6.07. The number of hydrogen-bond acceptors (Lipinski definition) is 3. The quantitative estimate of drug-likeness (QED) is 0.175. The minimum Gasteiger partial charge on any atom is -0.456 e. The van der Waals surface area contributed by atoms with Crippen molar-refractivity contribution in [3.63, 3.8) is 0 Å². The molecular formula is C50H32N2O. The van der Waals surface area contributed by atoms with E-state index in [-0.39, 0.29) is 51.8 Å². The molecule has 0 radical (unpaired) electrons. The third-order valence-electron chi connectivity index (χ3n) is 9.62. The zero-order valence-corrected chi connectivity index (χ0v) is 28.3. The maximum atomic E-state index is 9.54. The van der Waals surface area contributed by atoms with E-state index in [9.17, 15) is 4.11 Å². The first-order chi connectivity index (χ1) is 28.7. The van der Waals surface area contributed by atoms with E-state index < -0.39 is 12.1 Å². The molecule has 2 aromatic heterocycles. The zero-order chi connectivity index (χ0) is 40.4. The third kappa shape index (κ3) is 5.65. The van der Waals surface area contributed by atoms with Crippen molar-refractivity contribution in [3.8, 4) is 67.3 Å². The Hall–Kier alpha value is -7.10. The van der Waals surface area contributed by atoms with Crippen LogP contribution in [0.4, 0.5) is 0 Å². The van der Waals surface area contributed by atoms with Crippen molar-refractivity contribution >= 4 is 32.7 Å². The summed E-state index contributed by atoms with van der Waals surface area (Å²) in [5.74, 6) is 0.364. The highest BCUT2D eigenvalue weighted by molar-refractivity contribution is 6.07. The third-order valence-corrected chi connectivity index (χ3v) is 9.62. The van der Waals surface area contributed by atoms with E-state index in [4.69, 9.17) is 18.5 Å². The van der Waals surface area contributed by atoms with Gasteiger partial charge < -0.3 is 4.42 Å².